The third-order valence-electron chi connectivity index (χ3n) is 4.27. The number of rotatable bonds is 3. The lowest BCUT2D eigenvalue weighted by molar-refractivity contribution is 0.0532. The number of carbonyl (C=O) groups is 3. The minimum Gasteiger partial charge on any atom is -0.356 e. The van der Waals surface area contributed by atoms with Gasteiger partial charge in [-0.05, 0) is 37.3 Å². The summed E-state index contributed by atoms with van der Waals surface area (Å²) in [4.78, 5) is 42.5. The first-order chi connectivity index (χ1) is 12.0. The van der Waals surface area contributed by atoms with Gasteiger partial charge in [-0.1, -0.05) is 11.6 Å². The van der Waals surface area contributed by atoms with E-state index >= 15 is 0 Å². The van der Waals surface area contributed by atoms with E-state index in [4.69, 9.17) is 11.6 Å². The maximum atomic E-state index is 12.5. The Morgan fingerprint density at radius 3 is 2.00 bits per heavy atom. The Kier molecular flexibility index (Phi) is 4.90. The van der Waals surface area contributed by atoms with Crippen LogP contribution in [-0.2, 0) is 0 Å². The van der Waals surface area contributed by atoms with Crippen LogP contribution >= 0.6 is 11.6 Å². The predicted molar refractivity (Wildman–Crippen MR) is 94.1 cm³/mol. The topological polar surface area (TPSA) is 73.5 Å². The number of ketones is 1. The van der Waals surface area contributed by atoms with E-state index in [1.165, 1.54) is 13.1 Å². The highest BCUT2D eigenvalue weighted by molar-refractivity contribution is 6.30. The second-order valence-corrected chi connectivity index (χ2v) is 6.39. The van der Waals surface area contributed by atoms with Crippen molar-refractivity contribution in [2.45, 2.75) is 6.92 Å². The number of aromatic nitrogens is 1. The number of piperazine rings is 1. The van der Waals surface area contributed by atoms with E-state index in [-0.39, 0.29) is 17.6 Å². The summed E-state index contributed by atoms with van der Waals surface area (Å²) >= 11 is 5.84. The number of H-pyrrole nitrogens is 1. The Morgan fingerprint density at radius 1 is 0.920 bits per heavy atom. The molecule has 1 N–H and O–H groups in total. The highest BCUT2D eigenvalue weighted by Gasteiger charge is 2.26. The molecule has 0 radical (unpaired) electrons. The number of aromatic amines is 1. The summed E-state index contributed by atoms with van der Waals surface area (Å²) < 4.78 is 0. The monoisotopic (exact) mass is 359 g/mol. The van der Waals surface area contributed by atoms with Crippen molar-refractivity contribution in [2.75, 3.05) is 26.2 Å². The summed E-state index contributed by atoms with van der Waals surface area (Å²) in [6.45, 7) is 3.29. The quantitative estimate of drug-likeness (QED) is 0.855. The average molecular weight is 360 g/mol. The van der Waals surface area contributed by atoms with Gasteiger partial charge in [0, 0.05) is 48.5 Å². The molecule has 2 amide bonds. The van der Waals surface area contributed by atoms with Crippen LogP contribution < -0.4 is 0 Å². The number of carbonyl (C=O) groups excluding carboxylic acids is 3. The first kappa shape index (κ1) is 17.2. The molecule has 6 nitrogen and oxygen atoms in total. The fourth-order valence-electron chi connectivity index (χ4n) is 2.78. The fraction of sp³-hybridized carbons (Fsp3) is 0.278. The van der Waals surface area contributed by atoms with E-state index in [2.05, 4.69) is 4.98 Å². The van der Waals surface area contributed by atoms with Crippen LogP contribution in [-0.4, -0.2) is 58.6 Å². The zero-order chi connectivity index (χ0) is 18.0. The van der Waals surface area contributed by atoms with Crippen LogP contribution in [0.25, 0.3) is 0 Å². The van der Waals surface area contributed by atoms with E-state index in [0.717, 1.165) is 0 Å². The molecule has 0 aliphatic carbocycles. The molecule has 25 heavy (non-hydrogen) atoms. The number of hydrogen-bond donors (Lipinski definition) is 1. The van der Waals surface area contributed by atoms with Crippen molar-refractivity contribution in [1.82, 2.24) is 14.8 Å². The van der Waals surface area contributed by atoms with E-state index in [9.17, 15) is 14.4 Å². The van der Waals surface area contributed by atoms with Gasteiger partial charge in [0.2, 0.25) is 0 Å². The van der Waals surface area contributed by atoms with Gasteiger partial charge in [-0.25, -0.2) is 0 Å². The molecule has 0 atom stereocenters. The van der Waals surface area contributed by atoms with Gasteiger partial charge in [-0.3, -0.25) is 14.4 Å². The Hall–Kier alpha value is -2.60. The van der Waals surface area contributed by atoms with Gasteiger partial charge in [-0.2, -0.15) is 0 Å². The summed E-state index contributed by atoms with van der Waals surface area (Å²) in [7, 11) is 0. The Morgan fingerprint density at radius 2 is 1.48 bits per heavy atom. The number of nitrogens with zero attached hydrogens (tertiary/aromatic N) is 2. The van der Waals surface area contributed by atoms with Crippen LogP contribution in [0.15, 0.2) is 36.5 Å². The molecular formula is C18H18ClN3O3. The van der Waals surface area contributed by atoms with Crippen LogP contribution in [0, 0.1) is 0 Å². The van der Waals surface area contributed by atoms with Crippen molar-refractivity contribution in [3.8, 4) is 0 Å². The van der Waals surface area contributed by atoms with E-state index in [1.54, 1.807) is 40.1 Å². The van der Waals surface area contributed by atoms with Gasteiger partial charge in [0.05, 0.1) is 0 Å². The SMILES string of the molecule is CC(=O)c1c[nH]c(C(=O)N2CCN(C(=O)c3ccc(Cl)cc3)CC2)c1. The highest BCUT2D eigenvalue weighted by Crippen LogP contribution is 2.14. The molecule has 1 fully saturated rings. The van der Waals surface area contributed by atoms with Crippen LogP contribution in [0.1, 0.15) is 38.1 Å². The number of amides is 2. The molecule has 0 saturated carbocycles. The van der Waals surface area contributed by atoms with Gasteiger partial charge in [0.1, 0.15) is 5.69 Å². The molecule has 0 bridgehead atoms. The summed E-state index contributed by atoms with van der Waals surface area (Å²) in [6.07, 6.45) is 1.54. The predicted octanol–water partition coefficient (Wildman–Crippen LogP) is 2.47. The molecule has 7 heteroatoms. The van der Waals surface area contributed by atoms with Crippen LogP contribution in [0.3, 0.4) is 0 Å². The summed E-state index contributed by atoms with van der Waals surface area (Å²) in [6, 6.07) is 8.34. The smallest absolute Gasteiger partial charge is 0.270 e. The van der Waals surface area contributed by atoms with Crippen LogP contribution in [0.4, 0.5) is 0 Å². The maximum Gasteiger partial charge on any atom is 0.270 e. The van der Waals surface area contributed by atoms with Gasteiger partial charge in [0.25, 0.3) is 11.8 Å². The molecule has 1 saturated heterocycles. The minimum atomic E-state index is -0.161. The molecule has 2 aromatic rings. The van der Waals surface area contributed by atoms with Crippen molar-refractivity contribution >= 4 is 29.2 Å². The molecule has 1 aromatic carbocycles. The lowest BCUT2D eigenvalue weighted by atomic mass is 10.1. The second kappa shape index (κ2) is 7.11. The average Bonchev–Trinajstić information content (AvgIpc) is 3.12. The van der Waals surface area contributed by atoms with Gasteiger partial charge in [0.15, 0.2) is 5.78 Å². The van der Waals surface area contributed by atoms with Gasteiger partial charge < -0.3 is 14.8 Å². The molecule has 0 spiro atoms. The van der Waals surface area contributed by atoms with E-state index < -0.39 is 0 Å². The summed E-state index contributed by atoms with van der Waals surface area (Å²) in [5, 5.41) is 0.586. The van der Waals surface area contributed by atoms with Crippen molar-refractivity contribution in [3.63, 3.8) is 0 Å². The largest absolute Gasteiger partial charge is 0.356 e. The molecule has 1 aliphatic rings. The number of Topliss-reactive ketones (excluding diaryl/α,β-unsaturated/α-hetero) is 1. The Balaban J connectivity index is 1.61. The Bertz CT molecular complexity index is 805. The molecule has 2 heterocycles. The highest BCUT2D eigenvalue weighted by atomic mass is 35.5. The molecule has 0 unspecified atom stereocenters. The van der Waals surface area contributed by atoms with Crippen molar-refractivity contribution in [2.24, 2.45) is 0 Å². The van der Waals surface area contributed by atoms with Crippen molar-refractivity contribution in [1.29, 1.82) is 0 Å². The van der Waals surface area contributed by atoms with Crippen molar-refractivity contribution in [3.05, 3.63) is 58.4 Å². The summed E-state index contributed by atoms with van der Waals surface area (Å²) in [5.74, 6) is -0.317. The number of hydrogen-bond acceptors (Lipinski definition) is 3. The van der Waals surface area contributed by atoms with Gasteiger partial charge >= 0.3 is 0 Å². The number of halogens is 1. The first-order valence-electron chi connectivity index (χ1n) is 7.99. The molecule has 130 valence electrons. The first-order valence-corrected chi connectivity index (χ1v) is 8.37. The molecule has 1 aromatic heterocycles. The second-order valence-electron chi connectivity index (χ2n) is 5.95. The van der Waals surface area contributed by atoms with E-state index in [0.29, 0.717) is 48.0 Å². The van der Waals surface area contributed by atoms with E-state index in [1.807, 2.05) is 0 Å². The number of benzene rings is 1. The lowest BCUT2D eigenvalue weighted by Crippen LogP contribution is -2.50. The maximum absolute atomic E-state index is 12.5. The third kappa shape index (κ3) is 3.74. The minimum absolute atomic E-state index is 0.0671. The zero-order valence-corrected chi connectivity index (χ0v) is 14.5. The Labute approximate surface area is 150 Å². The standard InChI is InChI=1S/C18H18ClN3O3/c1-12(23)14-10-16(20-11-14)18(25)22-8-6-21(7-9-22)17(24)13-2-4-15(19)5-3-13/h2-5,10-11,20H,6-9H2,1H3. The lowest BCUT2D eigenvalue weighted by Gasteiger charge is -2.34. The number of nitrogens with one attached hydrogen (secondary N) is 1. The van der Waals surface area contributed by atoms with Crippen LogP contribution in [0.2, 0.25) is 5.02 Å². The van der Waals surface area contributed by atoms with Crippen LogP contribution in [0.5, 0.6) is 0 Å². The zero-order valence-electron chi connectivity index (χ0n) is 13.8. The molecular weight excluding hydrogens is 342 g/mol. The van der Waals surface area contributed by atoms with Crippen molar-refractivity contribution < 1.29 is 14.4 Å². The molecule has 3 rings (SSSR count). The van der Waals surface area contributed by atoms with Gasteiger partial charge in [-0.15, -0.1) is 0 Å². The summed E-state index contributed by atoms with van der Waals surface area (Å²) in [5.41, 5.74) is 1.46. The normalized spacial score (nSPS) is 14.5. The third-order valence-corrected chi connectivity index (χ3v) is 4.52. The molecule has 1 aliphatic heterocycles. The fourth-order valence-corrected chi connectivity index (χ4v) is 2.91.